The van der Waals surface area contributed by atoms with Gasteiger partial charge in [-0.2, -0.15) is 0 Å². The van der Waals surface area contributed by atoms with Crippen LogP contribution in [0.15, 0.2) is 30.6 Å². The normalized spacial score (nSPS) is 22.9. The molecule has 0 spiro atoms. The van der Waals surface area contributed by atoms with Gasteiger partial charge < -0.3 is 14.5 Å². The number of piperazine rings is 1. The lowest BCUT2D eigenvalue weighted by molar-refractivity contribution is -0.127. The van der Waals surface area contributed by atoms with Crippen molar-refractivity contribution in [3.05, 3.63) is 36.3 Å². The van der Waals surface area contributed by atoms with E-state index in [0.29, 0.717) is 6.54 Å². The number of rotatable bonds is 6. The van der Waals surface area contributed by atoms with Gasteiger partial charge in [-0.3, -0.25) is 14.6 Å². The van der Waals surface area contributed by atoms with Gasteiger partial charge in [0.25, 0.3) is 0 Å². The van der Waals surface area contributed by atoms with Crippen LogP contribution in [0.1, 0.15) is 25.5 Å². The Bertz CT molecular complexity index is 730. The van der Waals surface area contributed by atoms with Crippen molar-refractivity contribution in [2.75, 3.05) is 39.3 Å². The molecule has 7 heteroatoms. The minimum absolute atomic E-state index is 0.0938. The summed E-state index contributed by atoms with van der Waals surface area (Å²) in [5, 5.41) is 3.06. The van der Waals surface area contributed by atoms with Crippen molar-refractivity contribution in [2.45, 2.75) is 38.5 Å². The standard InChI is InChI=1S/C20H29N5O2/c1-16(20(26)21-13-18-5-4-12-27-18)24-10-8-23(9-11-24)14-17-15-25-7-3-2-6-19(25)22-17/h2-3,6-7,15-16,18H,4-5,8-14H2,1H3,(H,21,26). The van der Waals surface area contributed by atoms with Gasteiger partial charge in [-0.05, 0) is 31.9 Å². The molecule has 0 aromatic carbocycles. The van der Waals surface area contributed by atoms with Crippen molar-refractivity contribution >= 4 is 11.6 Å². The van der Waals surface area contributed by atoms with Crippen LogP contribution in [0.25, 0.3) is 5.65 Å². The summed E-state index contributed by atoms with van der Waals surface area (Å²) >= 11 is 0. The van der Waals surface area contributed by atoms with E-state index in [1.165, 1.54) is 0 Å². The molecular formula is C20H29N5O2. The fraction of sp³-hybridized carbons (Fsp3) is 0.600. The molecule has 1 amide bonds. The van der Waals surface area contributed by atoms with Crippen molar-refractivity contribution in [1.29, 1.82) is 0 Å². The number of imidazole rings is 1. The van der Waals surface area contributed by atoms with Gasteiger partial charge in [-0.25, -0.2) is 4.98 Å². The van der Waals surface area contributed by atoms with Crippen LogP contribution in [0.2, 0.25) is 0 Å². The van der Waals surface area contributed by atoms with E-state index >= 15 is 0 Å². The summed E-state index contributed by atoms with van der Waals surface area (Å²) in [6.45, 7) is 8.04. The fourth-order valence-corrected chi connectivity index (χ4v) is 3.93. The summed E-state index contributed by atoms with van der Waals surface area (Å²) < 4.78 is 7.64. The molecule has 0 bridgehead atoms. The number of fused-ring (bicyclic) bond motifs is 1. The van der Waals surface area contributed by atoms with E-state index in [9.17, 15) is 4.79 Å². The number of hydrogen-bond acceptors (Lipinski definition) is 5. The van der Waals surface area contributed by atoms with E-state index < -0.39 is 0 Å². The third-order valence-corrected chi connectivity index (χ3v) is 5.66. The SMILES string of the molecule is CC(C(=O)NCC1CCCO1)N1CCN(Cc2cn3ccccc3n2)CC1. The van der Waals surface area contributed by atoms with Crippen LogP contribution in [0.4, 0.5) is 0 Å². The molecule has 2 fully saturated rings. The molecule has 146 valence electrons. The first-order valence-corrected chi connectivity index (χ1v) is 9.97. The molecule has 7 nitrogen and oxygen atoms in total. The predicted molar refractivity (Wildman–Crippen MR) is 103 cm³/mol. The number of nitrogens with zero attached hydrogens (tertiary/aromatic N) is 4. The van der Waals surface area contributed by atoms with Crippen LogP contribution in [0, 0.1) is 0 Å². The molecule has 0 aliphatic carbocycles. The summed E-state index contributed by atoms with van der Waals surface area (Å²) in [6.07, 6.45) is 6.48. The van der Waals surface area contributed by atoms with Crippen LogP contribution in [-0.2, 0) is 16.1 Å². The Kier molecular flexibility index (Phi) is 5.71. The lowest BCUT2D eigenvalue weighted by atomic mass is 10.2. The Morgan fingerprint density at radius 2 is 2.19 bits per heavy atom. The molecule has 2 unspecified atom stereocenters. The van der Waals surface area contributed by atoms with E-state index in [2.05, 4.69) is 30.7 Å². The summed E-state index contributed by atoms with van der Waals surface area (Å²) in [5.41, 5.74) is 2.08. The van der Waals surface area contributed by atoms with Crippen LogP contribution in [0.3, 0.4) is 0 Å². The van der Waals surface area contributed by atoms with E-state index in [1.807, 2.05) is 31.3 Å². The molecule has 2 atom stereocenters. The van der Waals surface area contributed by atoms with Gasteiger partial charge in [-0.15, -0.1) is 0 Å². The van der Waals surface area contributed by atoms with Crippen molar-refractivity contribution in [3.8, 4) is 0 Å². The monoisotopic (exact) mass is 371 g/mol. The van der Waals surface area contributed by atoms with Crippen LogP contribution in [0.5, 0.6) is 0 Å². The third kappa shape index (κ3) is 4.48. The first-order valence-electron chi connectivity index (χ1n) is 9.97. The topological polar surface area (TPSA) is 62.1 Å². The number of amides is 1. The average molecular weight is 371 g/mol. The molecule has 4 rings (SSSR count). The first-order chi connectivity index (χ1) is 13.2. The minimum Gasteiger partial charge on any atom is -0.376 e. The van der Waals surface area contributed by atoms with E-state index in [0.717, 1.165) is 63.5 Å². The average Bonchev–Trinajstić information content (AvgIpc) is 3.35. The zero-order valence-corrected chi connectivity index (χ0v) is 16.0. The maximum absolute atomic E-state index is 12.4. The van der Waals surface area contributed by atoms with E-state index in [4.69, 9.17) is 4.74 Å². The molecule has 2 aliphatic rings. The molecule has 4 heterocycles. The van der Waals surface area contributed by atoms with Gasteiger partial charge in [0.2, 0.25) is 5.91 Å². The Morgan fingerprint density at radius 3 is 2.93 bits per heavy atom. The second-order valence-electron chi connectivity index (χ2n) is 7.57. The smallest absolute Gasteiger partial charge is 0.237 e. The number of carbonyl (C=O) groups is 1. The van der Waals surface area contributed by atoms with Gasteiger partial charge in [0, 0.05) is 58.3 Å². The lowest BCUT2D eigenvalue weighted by Crippen LogP contribution is -2.54. The molecule has 0 radical (unpaired) electrons. The van der Waals surface area contributed by atoms with Crippen LogP contribution >= 0.6 is 0 Å². The van der Waals surface area contributed by atoms with E-state index in [1.54, 1.807) is 0 Å². The molecular weight excluding hydrogens is 342 g/mol. The van der Waals surface area contributed by atoms with Gasteiger partial charge in [0.1, 0.15) is 5.65 Å². The highest BCUT2D eigenvalue weighted by atomic mass is 16.5. The molecule has 0 saturated carbocycles. The Morgan fingerprint density at radius 1 is 1.33 bits per heavy atom. The molecule has 1 N–H and O–H groups in total. The zero-order chi connectivity index (χ0) is 18.6. The first kappa shape index (κ1) is 18.4. The summed E-state index contributed by atoms with van der Waals surface area (Å²) in [7, 11) is 0. The number of aromatic nitrogens is 2. The molecule has 2 saturated heterocycles. The summed E-state index contributed by atoms with van der Waals surface area (Å²) in [4.78, 5) is 21.8. The van der Waals surface area contributed by atoms with Crippen molar-refractivity contribution in [1.82, 2.24) is 24.5 Å². The quantitative estimate of drug-likeness (QED) is 0.825. The second kappa shape index (κ2) is 8.37. The Labute approximate surface area is 160 Å². The van der Waals surface area contributed by atoms with Crippen molar-refractivity contribution in [2.24, 2.45) is 0 Å². The second-order valence-corrected chi connectivity index (χ2v) is 7.57. The number of pyridine rings is 1. The third-order valence-electron chi connectivity index (χ3n) is 5.66. The number of nitrogens with one attached hydrogen (secondary N) is 1. The van der Waals surface area contributed by atoms with Gasteiger partial charge in [0.15, 0.2) is 0 Å². The summed E-state index contributed by atoms with van der Waals surface area (Å²) in [6, 6.07) is 5.96. The maximum atomic E-state index is 12.4. The highest BCUT2D eigenvalue weighted by Crippen LogP contribution is 2.13. The number of hydrogen-bond donors (Lipinski definition) is 1. The highest BCUT2D eigenvalue weighted by Gasteiger charge is 2.26. The van der Waals surface area contributed by atoms with Crippen molar-refractivity contribution in [3.63, 3.8) is 0 Å². The Hall–Kier alpha value is -1.96. The highest BCUT2D eigenvalue weighted by molar-refractivity contribution is 5.81. The number of ether oxygens (including phenoxy) is 1. The molecule has 2 aromatic rings. The lowest BCUT2D eigenvalue weighted by Gasteiger charge is -2.37. The van der Waals surface area contributed by atoms with Crippen LogP contribution < -0.4 is 5.32 Å². The largest absolute Gasteiger partial charge is 0.376 e. The molecule has 2 aliphatic heterocycles. The van der Waals surface area contributed by atoms with Gasteiger partial charge in [-0.1, -0.05) is 6.07 Å². The summed E-state index contributed by atoms with van der Waals surface area (Å²) in [5.74, 6) is 0.110. The fourth-order valence-electron chi connectivity index (χ4n) is 3.93. The van der Waals surface area contributed by atoms with Gasteiger partial charge >= 0.3 is 0 Å². The molecule has 27 heavy (non-hydrogen) atoms. The Balaban J connectivity index is 1.23. The molecule has 2 aromatic heterocycles. The zero-order valence-electron chi connectivity index (χ0n) is 16.0. The maximum Gasteiger partial charge on any atom is 0.237 e. The minimum atomic E-state index is -0.0938. The number of carbonyl (C=O) groups excluding carboxylic acids is 1. The van der Waals surface area contributed by atoms with Gasteiger partial charge in [0.05, 0.1) is 17.8 Å². The van der Waals surface area contributed by atoms with Crippen molar-refractivity contribution < 1.29 is 9.53 Å². The van der Waals surface area contributed by atoms with E-state index in [-0.39, 0.29) is 18.1 Å². The van der Waals surface area contributed by atoms with Crippen LogP contribution in [-0.4, -0.2) is 76.6 Å². The predicted octanol–water partition coefficient (Wildman–Crippen LogP) is 1.14.